The van der Waals surface area contributed by atoms with Gasteiger partial charge in [-0.05, 0) is 24.6 Å². The Morgan fingerprint density at radius 2 is 2.40 bits per heavy atom. The summed E-state index contributed by atoms with van der Waals surface area (Å²) in [4.78, 5) is 21.3. The minimum atomic E-state index is -0.188. The molecule has 0 aromatic carbocycles. The van der Waals surface area contributed by atoms with Crippen LogP contribution in [-0.4, -0.2) is 27.6 Å². The number of nitrogens with one attached hydrogen (secondary N) is 1. The predicted molar refractivity (Wildman–Crippen MR) is 76.2 cm³/mol. The Balaban J connectivity index is 2.03. The van der Waals surface area contributed by atoms with E-state index in [0.717, 1.165) is 16.1 Å². The monoisotopic (exact) mass is 287 g/mol. The highest BCUT2D eigenvalue weighted by Gasteiger charge is 2.11. The second-order valence-corrected chi connectivity index (χ2v) is 5.02. The van der Waals surface area contributed by atoms with E-state index >= 15 is 0 Å². The van der Waals surface area contributed by atoms with Gasteiger partial charge in [0.1, 0.15) is 12.9 Å². The second kappa shape index (κ2) is 6.80. The Morgan fingerprint density at radius 3 is 3.10 bits per heavy atom. The molecule has 0 unspecified atom stereocenters. The third kappa shape index (κ3) is 3.63. The SMILES string of the molecule is Cc1cc(C(=O)NCc2ccncn2)sc1C#CCO. The Hall–Kier alpha value is -2.23. The molecule has 0 aliphatic heterocycles. The van der Waals surface area contributed by atoms with E-state index in [0.29, 0.717) is 11.4 Å². The summed E-state index contributed by atoms with van der Waals surface area (Å²) >= 11 is 1.31. The van der Waals surface area contributed by atoms with Gasteiger partial charge in [-0.25, -0.2) is 9.97 Å². The van der Waals surface area contributed by atoms with Crippen LogP contribution in [0.15, 0.2) is 24.7 Å². The highest BCUT2D eigenvalue weighted by atomic mass is 32.1. The molecule has 2 rings (SSSR count). The van der Waals surface area contributed by atoms with E-state index in [9.17, 15) is 4.79 Å². The molecule has 0 atom stereocenters. The van der Waals surface area contributed by atoms with Gasteiger partial charge in [0.15, 0.2) is 0 Å². The summed E-state index contributed by atoms with van der Waals surface area (Å²) in [5, 5.41) is 11.5. The Bertz CT molecular complexity index is 656. The second-order valence-electron chi connectivity index (χ2n) is 3.97. The molecule has 20 heavy (non-hydrogen) atoms. The molecule has 102 valence electrons. The van der Waals surface area contributed by atoms with Crippen LogP contribution in [0.4, 0.5) is 0 Å². The standard InChI is InChI=1S/C14H13N3O2S/c1-10-7-13(20-12(10)3-2-6-18)14(19)16-8-11-4-5-15-9-17-11/h4-5,7,9,18H,6,8H2,1H3,(H,16,19). The average molecular weight is 287 g/mol. The first kappa shape index (κ1) is 14.2. The van der Waals surface area contributed by atoms with Gasteiger partial charge in [0, 0.05) is 6.20 Å². The van der Waals surface area contributed by atoms with Crippen LogP contribution in [0.25, 0.3) is 0 Å². The van der Waals surface area contributed by atoms with Crippen molar-refractivity contribution < 1.29 is 9.90 Å². The van der Waals surface area contributed by atoms with Crippen LogP contribution >= 0.6 is 11.3 Å². The number of aryl methyl sites for hydroxylation is 1. The van der Waals surface area contributed by atoms with Gasteiger partial charge in [0.25, 0.3) is 5.91 Å². The van der Waals surface area contributed by atoms with Crippen molar-refractivity contribution in [1.82, 2.24) is 15.3 Å². The molecule has 2 aromatic heterocycles. The van der Waals surface area contributed by atoms with Crippen LogP contribution in [0.2, 0.25) is 0 Å². The molecule has 0 spiro atoms. The lowest BCUT2D eigenvalue weighted by molar-refractivity contribution is 0.0954. The summed E-state index contributed by atoms with van der Waals surface area (Å²) in [5.41, 5.74) is 1.69. The lowest BCUT2D eigenvalue weighted by Crippen LogP contribution is -2.22. The maximum Gasteiger partial charge on any atom is 0.261 e. The molecule has 0 saturated heterocycles. The van der Waals surface area contributed by atoms with E-state index in [1.54, 1.807) is 18.3 Å². The molecule has 1 amide bonds. The number of rotatable bonds is 3. The number of aliphatic hydroxyl groups is 1. The van der Waals surface area contributed by atoms with Crippen LogP contribution in [0.5, 0.6) is 0 Å². The molecule has 0 aliphatic carbocycles. The summed E-state index contributed by atoms with van der Waals surface area (Å²) in [5.74, 6) is 5.25. The number of hydrogen-bond donors (Lipinski definition) is 2. The fourth-order valence-electron chi connectivity index (χ4n) is 1.52. The molecular formula is C14H13N3O2S. The van der Waals surface area contributed by atoms with Crippen molar-refractivity contribution in [3.63, 3.8) is 0 Å². The first-order valence-electron chi connectivity index (χ1n) is 5.94. The Kier molecular flexibility index (Phi) is 4.82. The lowest BCUT2D eigenvalue weighted by atomic mass is 10.2. The molecular weight excluding hydrogens is 274 g/mol. The zero-order valence-corrected chi connectivity index (χ0v) is 11.7. The van der Waals surface area contributed by atoms with Gasteiger partial charge >= 0.3 is 0 Å². The molecule has 0 aliphatic rings. The zero-order chi connectivity index (χ0) is 14.4. The topological polar surface area (TPSA) is 75.1 Å². The Labute approximate surface area is 120 Å². The number of carbonyl (C=O) groups excluding carboxylic acids is 1. The van der Waals surface area contributed by atoms with Gasteiger partial charge in [-0.2, -0.15) is 0 Å². The molecule has 0 radical (unpaired) electrons. The highest BCUT2D eigenvalue weighted by molar-refractivity contribution is 7.14. The highest BCUT2D eigenvalue weighted by Crippen LogP contribution is 2.20. The summed E-state index contributed by atoms with van der Waals surface area (Å²) in [6.07, 6.45) is 3.08. The minimum absolute atomic E-state index is 0.159. The molecule has 0 bridgehead atoms. The van der Waals surface area contributed by atoms with Crippen LogP contribution in [0, 0.1) is 18.8 Å². The number of aliphatic hydroxyl groups excluding tert-OH is 1. The fourth-order valence-corrected chi connectivity index (χ4v) is 2.48. The van der Waals surface area contributed by atoms with Gasteiger partial charge in [-0.15, -0.1) is 11.3 Å². The van der Waals surface area contributed by atoms with Crippen molar-refractivity contribution in [2.45, 2.75) is 13.5 Å². The van der Waals surface area contributed by atoms with Gasteiger partial charge in [-0.3, -0.25) is 4.79 Å². The van der Waals surface area contributed by atoms with E-state index in [1.165, 1.54) is 17.7 Å². The largest absolute Gasteiger partial charge is 0.384 e. The maximum absolute atomic E-state index is 12.0. The van der Waals surface area contributed by atoms with Gasteiger partial charge in [-0.1, -0.05) is 11.8 Å². The number of carbonyl (C=O) groups is 1. The third-order valence-electron chi connectivity index (χ3n) is 2.50. The number of hydrogen-bond acceptors (Lipinski definition) is 5. The number of aromatic nitrogens is 2. The van der Waals surface area contributed by atoms with Crippen molar-refractivity contribution in [2.75, 3.05) is 6.61 Å². The lowest BCUT2D eigenvalue weighted by Gasteiger charge is -2.01. The third-order valence-corrected chi connectivity index (χ3v) is 3.65. The minimum Gasteiger partial charge on any atom is -0.384 e. The molecule has 2 heterocycles. The zero-order valence-electron chi connectivity index (χ0n) is 10.9. The molecule has 0 saturated carbocycles. The van der Waals surface area contributed by atoms with E-state index in [1.807, 2.05) is 6.92 Å². The van der Waals surface area contributed by atoms with Crippen LogP contribution in [0.3, 0.4) is 0 Å². The normalized spacial score (nSPS) is 9.70. The smallest absolute Gasteiger partial charge is 0.261 e. The van der Waals surface area contributed by atoms with Crippen molar-refractivity contribution in [3.8, 4) is 11.8 Å². The van der Waals surface area contributed by atoms with Crippen molar-refractivity contribution >= 4 is 17.2 Å². The Morgan fingerprint density at radius 1 is 1.55 bits per heavy atom. The average Bonchev–Trinajstić information content (AvgIpc) is 2.85. The van der Waals surface area contributed by atoms with Gasteiger partial charge in [0.05, 0.1) is 22.0 Å². The summed E-state index contributed by atoms with van der Waals surface area (Å²) in [7, 11) is 0. The van der Waals surface area contributed by atoms with Crippen LogP contribution in [0.1, 0.15) is 25.8 Å². The summed E-state index contributed by atoms with van der Waals surface area (Å²) < 4.78 is 0. The first-order chi connectivity index (χ1) is 9.70. The van der Waals surface area contributed by atoms with E-state index < -0.39 is 0 Å². The number of thiophene rings is 1. The van der Waals surface area contributed by atoms with Gasteiger partial charge < -0.3 is 10.4 Å². The summed E-state index contributed by atoms with van der Waals surface area (Å²) in [6.45, 7) is 2.06. The first-order valence-corrected chi connectivity index (χ1v) is 6.75. The molecule has 2 aromatic rings. The van der Waals surface area contributed by atoms with E-state index in [-0.39, 0.29) is 12.5 Å². The molecule has 5 nitrogen and oxygen atoms in total. The van der Waals surface area contributed by atoms with E-state index in [4.69, 9.17) is 5.11 Å². The van der Waals surface area contributed by atoms with Crippen LogP contribution < -0.4 is 5.32 Å². The molecule has 0 fully saturated rings. The van der Waals surface area contributed by atoms with Crippen LogP contribution in [-0.2, 0) is 6.54 Å². The van der Waals surface area contributed by atoms with Crippen molar-refractivity contribution in [2.24, 2.45) is 0 Å². The summed E-state index contributed by atoms with van der Waals surface area (Å²) in [6, 6.07) is 3.54. The predicted octanol–water partition coefficient (Wildman–Crippen LogP) is 1.12. The molecule has 2 N–H and O–H groups in total. The number of amides is 1. The van der Waals surface area contributed by atoms with Crippen molar-refractivity contribution in [1.29, 1.82) is 0 Å². The maximum atomic E-state index is 12.0. The number of nitrogens with zero attached hydrogens (tertiary/aromatic N) is 2. The van der Waals surface area contributed by atoms with Crippen molar-refractivity contribution in [3.05, 3.63) is 45.7 Å². The molecule has 6 heteroatoms. The fraction of sp³-hybridized carbons (Fsp3) is 0.214. The van der Waals surface area contributed by atoms with E-state index in [2.05, 4.69) is 27.1 Å². The quantitative estimate of drug-likeness (QED) is 0.830. The van der Waals surface area contributed by atoms with Gasteiger partial charge in [0.2, 0.25) is 0 Å².